The number of nitrogens with one attached hydrogen (secondary N) is 1. The number of carbonyl (C=O) groups is 1. The number of rotatable bonds is 3. The van der Waals surface area contributed by atoms with Crippen LogP contribution in [0.15, 0.2) is 35.2 Å². The van der Waals surface area contributed by atoms with Crippen molar-refractivity contribution in [1.82, 2.24) is 20.1 Å². The molecule has 0 saturated carbocycles. The van der Waals surface area contributed by atoms with Crippen molar-refractivity contribution in [1.29, 1.82) is 0 Å². The summed E-state index contributed by atoms with van der Waals surface area (Å²) in [5, 5.41) is 7.34. The van der Waals surface area contributed by atoms with Crippen LogP contribution in [0.5, 0.6) is 0 Å². The largest absolute Gasteiger partial charge is 0.336 e. The van der Waals surface area contributed by atoms with Gasteiger partial charge in [0.15, 0.2) is 0 Å². The topological polar surface area (TPSA) is 93.8 Å². The van der Waals surface area contributed by atoms with E-state index in [0.717, 1.165) is 11.1 Å². The molecule has 0 aliphatic rings. The molecule has 21 heavy (non-hydrogen) atoms. The standard InChI is InChI=1S/C14H13N5O2/c1-8(2)11-10-6-9(7-17-13(10)21-19-11)12(20)18-14-15-4-3-5-16-14/h3-8H,1-2H3,(H,15,16,18,20). The second-order valence-electron chi connectivity index (χ2n) is 4.83. The number of pyridine rings is 1. The number of carbonyl (C=O) groups excluding carboxylic acids is 1. The normalized spacial score (nSPS) is 11.0. The Morgan fingerprint density at radius 2 is 2.00 bits per heavy atom. The summed E-state index contributed by atoms with van der Waals surface area (Å²) < 4.78 is 5.15. The summed E-state index contributed by atoms with van der Waals surface area (Å²) in [6.07, 6.45) is 4.55. The lowest BCUT2D eigenvalue weighted by atomic mass is 10.1. The van der Waals surface area contributed by atoms with Crippen molar-refractivity contribution in [3.63, 3.8) is 0 Å². The monoisotopic (exact) mass is 283 g/mol. The number of anilines is 1. The van der Waals surface area contributed by atoms with Crippen LogP contribution in [-0.4, -0.2) is 26.0 Å². The molecule has 0 spiro atoms. The van der Waals surface area contributed by atoms with Crippen molar-refractivity contribution in [2.45, 2.75) is 19.8 Å². The van der Waals surface area contributed by atoms with E-state index in [0.29, 0.717) is 11.3 Å². The van der Waals surface area contributed by atoms with Crippen LogP contribution in [0.3, 0.4) is 0 Å². The van der Waals surface area contributed by atoms with Gasteiger partial charge in [-0.1, -0.05) is 19.0 Å². The third-order valence-corrected chi connectivity index (χ3v) is 2.96. The molecule has 0 unspecified atom stereocenters. The van der Waals surface area contributed by atoms with Crippen molar-refractivity contribution >= 4 is 23.0 Å². The van der Waals surface area contributed by atoms with Gasteiger partial charge >= 0.3 is 0 Å². The molecule has 0 aliphatic heterocycles. The molecule has 0 radical (unpaired) electrons. The highest BCUT2D eigenvalue weighted by Crippen LogP contribution is 2.24. The second-order valence-corrected chi connectivity index (χ2v) is 4.83. The number of nitrogens with zero attached hydrogens (tertiary/aromatic N) is 4. The first-order chi connectivity index (χ1) is 10.1. The lowest BCUT2D eigenvalue weighted by Crippen LogP contribution is -2.14. The molecule has 0 saturated heterocycles. The van der Waals surface area contributed by atoms with E-state index in [-0.39, 0.29) is 17.8 Å². The SMILES string of the molecule is CC(C)c1noc2ncc(C(=O)Nc3ncccn3)cc12. The molecule has 3 aromatic rings. The summed E-state index contributed by atoms with van der Waals surface area (Å²) in [4.78, 5) is 24.2. The molecule has 0 atom stereocenters. The first kappa shape index (κ1) is 13.2. The molecule has 0 aromatic carbocycles. The smallest absolute Gasteiger partial charge is 0.259 e. The minimum absolute atomic E-state index is 0.184. The summed E-state index contributed by atoms with van der Waals surface area (Å²) in [5.41, 5.74) is 1.61. The molecule has 3 rings (SSSR count). The maximum Gasteiger partial charge on any atom is 0.259 e. The Kier molecular flexibility index (Phi) is 3.31. The molecule has 3 aromatic heterocycles. The Hall–Kier alpha value is -2.83. The summed E-state index contributed by atoms with van der Waals surface area (Å²) in [7, 11) is 0. The fraction of sp³-hybridized carbons (Fsp3) is 0.214. The van der Waals surface area contributed by atoms with Gasteiger partial charge in [-0.15, -0.1) is 0 Å². The van der Waals surface area contributed by atoms with Crippen LogP contribution in [0.25, 0.3) is 11.1 Å². The van der Waals surface area contributed by atoms with Crippen LogP contribution in [-0.2, 0) is 0 Å². The minimum atomic E-state index is -0.327. The van der Waals surface area contributed by atoms with Crippen LogP contribution in [0, 0.1) is 0 Å². The maximum absolute atomic E-state index is 12.2. The molecule has 3 heterocycles. The van der Waals surface area contributed by atoms with Crippen LogP contribution in [0.1, 0.15) is 35.8 Å². The quantitative estimate of drug-likeness (QED) is 0.793. The Bertz CT molecular complexity index is 782. The Morgan fingerprint density at radius 3 is 2.71 bits per heavy atom. The van der Waals surface area contributed by atoms with E-state index < -0.39 is 0 Å². The first-order valence-corrected chi connectivity index (χ1v) is 6.49. The van der Waals surface area contributed by atoms with E-state index in [9.17, 15) is 4.79 Å². The number of hydrogen-bond donors (Lipinski definition) is 1. The van der Waals surface area contributed by atoms with Crippen LogP contribution in [0.2, 0.25) is 0 Å². The van der Waals surface area contributed by atoms with Gasteiger partial charge in [-0.2, -0.15) is 0 Å². The number of hydrogen-bond acceptors (Lipinski definition) is 6. The van der Waals surface area contributed by atoms with Crippen molar-refractivity contribution in [3.8, 4) is 0 Å². The number of amides is 1. The van der Waals surface area contributed by atoms with Gasteiger partial charge in [0.2, 0.25) is 5.95 Å². The molecule has 1 N–H and O–H groups in total. The van der Waals surface area contributed by atoms with E-state index in [4.69, 9.17) is 4.52 Å². The van der Waals surface area contributed by atoms with Gasteiger partial charge in [0, 0.05) is 18.6 Å². The molecule has 0 bridgehead atoms. The average molecular weight is 283 g/mol. The number of aromatic nitrogens is 4. The zero-order valence-corrected chi connectivity index (χ0v) is 11.6. The molecule has 106 valence electrons. The minimum Gasteiger partial charge on any atom is -0.336 e. The van der Waals surface area contributed by atoms with Gasteiger partial charge in [0.25, 0.3) is 11.6 Å². The second kappa shape index (κ2) is 5.28. The summed E-state index contributed by atoms with van der Waals surface area (Å²) in [6, 6.07) is 3.39. The highest BCUT2D eigenvalue weighted by molar-refractivity contribution is 6.04. The molecule has 0 fully saturated rings. The van der Waals surface area contributed by atoms with E-state index in [1.807, 2.05) is 13.8 Å². The number of fused-ring (bicyclic) bond motifs is 1. The highest BCUT2D eigenvalue weighted by atomic mass is 16.5. The fourth-order valence-corrected chi connectivity index (χ4v) is 1.93. The Balaban J connectivity index is 1.93. The fourth-order valence-electron chi connectivity index (χ4n) is 1.93. The predicted molar refractivity (Wildman–Crippen MR) is 75.9 cm³/mol. The van der Waals surface area contributed by atoms with Gasteiger partial charge in [0.05, 0.1) is 16.6 Å². The summed E-state index contributed by atoms with van der Waals surface area (Å²) >= 11 is 0. The van der Waals surface area contributed by atoms with Gasteiger partial charge < -0.3 is 4.52 Å². The van der Waals surface area contributed by atoms with Crippen molar-refractivity contribution in [2.75, 3.05) is 5.32 Å². The van der Waals surface area contributed by atoms with E-state index in [1.165, 1.54) is 6.20 Å². The summed E-state index contributed by atoms with van der Waals surface area (Å²) in [5.74, 6) is 0.104. The lowest BCUT2D eigenvalue weighted by molar-refractivity contribution is 0.102. The van der Waals surface area contributed by atoms with E-state index in [2.05, 4.69) is 25.4 Å². The van der Waals surface area contributed by atoms with Crippen molar-refractivity contribution in [2.24, 2.45) is 0 Å². The van der Waals surface area contributed by atoms with Crippen LogP contribution < -0.4 is 5.32 Å². The first-order valence-electron chi connectivity index (χ1n) is 6.49. The van der Waals surface area contributed by atoms with Crippen LogP contribution >= 0.6 is 0 Å². The van der Waals surface area contributed by atoms with Crippen LogP contribution in [0.4, 0.5) is 5.95 Å². The molecule has 0 aliphatic carbocycles. The highest BCUT2D eigenvalue weighted by Gasteiger charge is 2.16. The van der Waals surface area contributed by atoms with E-state index in [1.54, 1.807) is 24.5 Å². The van der Waals surface area contributed by atoms with E-state index >= 15 is 0 Å². The molecule has 1 amide bonds. The third-order valence-electron chi connectivity index (χ3n) is 2.96. The third kappa shape index (κ3) is 2.58. The van der Waals surface area contributed by atoms with Crippen molar-refractivity contribution in [3.05, 3.63) is 42.0 Å². The lowest BCUT2D eigenvalue weighted by Gasteiger charge is -2.03. The Labute approximate surface area is 120 Å². The average Bonchev–Trinajstić information content (AvgIpc) is 2.91. The van der Waals surface area contributed by atoms with Gasteiger partial charge in [-0.05, 0) is 18.1 Å². The zero-order chi connectivity index (χ0) is 14.8. The maximum atomic E-state index is 12.2. The van der Waals surface area contributed by atoms with Gasteiger partial charge in [-0.25, -0.2) is 15.0 Å². The van der Waals surface area contributed by atoms with Crippen molar-refractivity contribution < 1.29 is 9.32 Å². The summed E-state index contributed by atoms with van der Waals surface area (Å²) in [6.45, 7) is 4.00. The predicted octanol–water partition coefficient (Wildman–Crippen LogP) is 2.39. The molecular formula is C14H13N5O2. The molecular weight excluding hydrogens is 270 g/mol. The zero-order valence-electron chi connectivity index (χ0n) is 11.6. The molecule has 7 heteroatoms. The van der Waals surface area contributed by atoms with Gasteiger partial charge in [-0.3, -0.25) is 10.1 Å². The molecule has 7 nitrogen and oxygen atoms in total. The van der Waals surface area contributed by atoms with Gasteiger partial charge in [0.1, 0.15) is 0 Å². The Morgan fingerprint density at radius 1 is 1.24 bits per heavy atom.